The van der Waals surface area contributed by atoms with Crippen molar-refractivity contribution in [1.29, 1.82) is 0 Å². The lowest BCUT2D eigenvalue weighted by Crippen LogP contribution is -2.56. The number of hydrogen-bond acceptors (Lipinski definition) is 5. The lowest BCUT2D eigenvalue weighted by molar-refractivity contribution is -0.136. The highest BCUT2D eigenvalue weighted by molar-refractivity contribution is 7.99. The van der Waals surface area contributed by atoms with Crippen LogP contribution in [0.1, 0.15) is 10.4 Å². The second-order valence-electron chi connectivity index (χ2n) is 7.56. The molecule has 1 atom stereocenters. The Morgan fingerprint density at radius 1 is 0.909 bits per heavy atom. The molecule has 0 aromatic heterocycles. The molecule has 176 valence electrons. The number of hydrogen-bond donors (Lipinski definition) is 0. The Morgan fingerprint density at radius 2 is 1.58 bits per heavy atom. The van der Waals surface area contributed by atoms with Gasteiger partial charge in [0, 0.05) is 37.5 Å². The second kappa shape index (κ2) is 9.35. The Labute approximate surface area is 193 Å². The lowest BCUT2D eigenvalue weighted by Gasteiger charge is -2.36. The minimum absolute atomic E-state index is 0.0257. The van der Waals surface area contributed by atoms with Gasteiger partial charge in [0.15, 0.2) is 17.5 Å². The van der Waals surface area contributed by atoms with Crippen LogP contribution in [-0.4, -0.2) is 78.2 Å². The fourth-order valence-electron chi connectivity index (χ4n) is 3.80. The monoisotopic (exact) mass is 499 g/mol. The molecule has 2 saturated heterocycles. The maximum Gasteiger partial charge on any atom is 0.255 e. The number of sulfonamides is 1. The molecule has 0 radical (unpaired) electrons. The summed E-state index contributed by atoms with van der Waals surface area (Å²) in [4.78, 5) is 28.0. The van der Waals surface area contributed by atoms with Crippen molar-refractivity contribution in [3.05, 3.63) is 65.5 Å². The van der Waals surface area contributed by atoms with E-state index < -0.39 is 38.4 Å². The predicted molar refractivity (Wildman–Crippen MR) is 115 cm³/mol. The molecular weight excluding hydrogens is 479 g/mol. The Kier molecular flexibility index (Phi) is 6.68. The molecule has 0 spiro atoms. The van der Waals surface area contributed by atoms with Gasteiger partial charge in [0.1, 0.15) is 10.9 Å². The summed E-state index contributed by atoms with van der Waals surface area (Å²) in [7, 11) is -4.42. The minimum atomic E-state index is -4.42. The van der Waals surface area contributed by atoms with E-state index in [-0.39, 0.29) is 38.0 Å². The van der Waals surface area contributed by atoms with Crippen LogP contribution in [0.25, 0.3) is 0 Å². The maximum absolute atomic E-state index is 14.1. The first-order valence-corrected chi connectivity index (χ1v) is 12.7. The van der Waals surface area contributed by atoms with E-state index in [0.29, 0.717) is 29.3 Å². The second-order valence-corrected chi connectivity index (χ2v) is 10.5. The van der Waals surface area contributed by atoms with Crippen LogP contribution in [0.5, 0.6) is 0 Å². The molecule has 2 fully saturated rings. The first-order valence-electron chi connectivity index (χ1n) is 10.1. The van der Waals surface area contributed by atoms with Gasteiger partial charge in [-0.2, -0.15) is 4.31 Å². The molecule has 7 nitrogen and oxygen atoms in total. The minimum Gasteiger partial charge on any atom is -0.338 e. The highest BCUT2D eigenvalue weighted by Gasteiger charge is 2.40. The van der Waals surface area contributed by atoms with E-state index >= 15 is 0 Å². The maximum atomic E-state index is 14.1. The molecule has 4 rings (SSSR count). The summed E-state index contributed by atoms with van der Waals surface area (Å²) >= 11 is 1.46. The van der Waals surface area contributed by atoms with Gasteiger partial charge in [-0.1, -0.05) is 18.2 Å². The van der Waals surface area contributed by atoms with Gasteiger partial charge in [-0.05, 0) is 24.3 Å². The van der Waals surface area contributed by atoms with Gasteiger partial charge in [0.2, 0.25) is 15.9 Å². The summed E-state index contributed by atoms with van der Waals surface area (Å²) in [5.74, 6) is -4.86. The number of nitrogens with zero attached hydrogens (tertiary/aromatic N) is 3. The zero-order chi connectivity index (χ0) is 23.8. The number of piperazine rings is 1. The third kappa shape index (κ3) is 4.46. The molecule has 2 aromatic carbocycles. The van der Waals surface area contributed by atoms with Gasteiger partial charge in [-0.3, -0.25) is 9.59 Å². The van der Waals surface area contributed by atoms with Crippen molar-refractivity contribution >= 4 is 33.6 Å². The predicted octanol–water partition coefficient (Wildman–Crippen LogP) is 2.15. The number of benzene rings is 2. The third-order valence-electron chi connectivity index (χ3n) is 5.62. The van der Waals surface area contributed by atoms with E-state index in [1.807, 2.05) is 0 Å². The molecule has 2 aromatic rings. The number of carbonyl (C=O) groups is 2. The van der Waals surface area contributed by atoms with Crippen LogP contribution in [0, 0.1) is 17.5 Å². The number of amides is 2. The largest absolute Gasteiger partial charge is 0.338 e. The molecule has 2 aliphatic rings. The van der Waals surface area contributed by atoms with Crippen molar-refractivity contribution in [3.8, 4) is 0 Å². The van der Waals surface area contributed by atoms with Crippen molar-refractivity contribution in [2.75, 3.05) is 37.8 Å². The summed E-state index contributed by atoms with van der Waals surface area (Å²) in [6.07, 6.45) is 0. The summed E-state index contributed by atoms with van der Waals surface area (Å²) in [5, 5.41) is 0. The number of thioether (sulfide) groups is 1. The lowest BCUT2D eigenvalue weighted by atomic mass is 10.1. The molecule has 0 aliphatic carbocycles. The van der Waals surface area contributed by atoms with Crippen molar-refractivity contribution in [2.45, 2.75) is 10.9 Å². The number of rotatable bonds is 4. The average Bonchev–Trinajstić information content (AvgIpc) is 3.32. The molecule has 0 saturated carbocycles. The van der Waals surface area contributed by atoms with Crippen molar-refractivity contribution in [3.63, 3.8) is 0 Å². The van der Waals surface area contributed by atoms with Gasteiger partial charge in [0.05, 0.1) is 5.88 Å². The van der Waals surface area contributed by atoms with Crippen LogP contribution in [-0.2, 0) is 14.8 Å². The molecule has 2 aliphatic heterocycles. The third-order valence-corrected chi connectivity index (χ3v) is 8.55. The molecule has 2 amide bonds. The van der Waals surface area contributed by atoms with E-state index in [1.54, 1.807) is 30.3 Å². The summed E-state index contributed by atoms with van der Waals surface area (Å²) in [6, 6.07) is 9.19. The Bertz CT molecular complexity index is 1170. The van der Waals surface area contributed by atoms with Crippen LogP contribution in [0.15, 0.2) is 47.4 Å². The van der Waals surface area contributed by atoms with E-state index in [4.69, 9.17) is 0 Å². The zero-order valence-corrected chi connectivity index (χ0v) is 18.9. The Morgan fingerprint density at radius 3 is 2.24 bits per heavy atom. The molecule has 33 heavy (non-hydrogen) atoms. The fraction of sp³-hybridized carbons (Fsp3) is 0.333. The van der Waals surface area contributed by atoms with E-state index in [2.05, 4.69) is 0 Å². The van der Waals surface area contributed by atoms with Gasteiger partial charge < -0.3 is 9.80 Å². The topological polar surface area (TPSA) is 78.0 Å². The van der Waals surface area contributed by atoms with Crippen molar-refractivity contribution in [1.82, 2.24) is 14.1 Å². The number of halogens is 3. The molecule has 2 heterocycles. The SMILES string of the molecule is O=C([C@@H]1CSCN1C(=O)c1ccccc1)N1CCN(S(=O)(=O)c2ccc(F)c(F)c2F)CC1. The van der Waals surface area contributed by atoms with E-state index in [0.717, 1.165) is 4.31 Å². The first kappa shape index (κ1) is 23.6. The quantitative estimate of drug-likeness (QED) is 0.603. The Hall–Kier alpha value is -2.57. The van der Waals surface area contributed by atoms with E-state index in [9.17, 15) is 31.2 Å². The van der Waals surface area contributed by atoms with Crippen LogP contribution < -0.4 is 0 Å². The van der Waals surface area contributed by atoms with Gasteiger partial charge in [0.25, 0.3) is 5.91 Å². The zero-order valence-electron chi connectivity index (χ0n) is 17.3. The first-order chi connectivity index (χ1) is 15.7. The van der Waals surface area contributed by atoms with Crippen LogP contribution in [0.2, 0.25) is 0 Å². The number of carbonyl (C=O) groups excluding carboxylic acids is 2. The summed E-state index contributed by atoms with van der Waals surface area (Å²) in [6.45, 7) is -0.228. The highest BCUT2D eigenvalue weighted by atomic mass is 32.2. The van der Waals surface area contributed by atoms with Crippen molar-refractivity contribution < 1.29 is 31.2 Å². The normalized spacial score (nSPS) is 19.7. The smallest absolute Gasteiger partial charge is 0.255 e. The van der Waals surface area contributed by atoms with Crippen LogP contribution in [0.4, 0.5) is 13.2 Å². The molecule has 0 bridgehead atoms. The van der Waals surface area contributed by atoms with Gasteiger partial charge in [-0.25, -0.2) is 21.6 Å². The van der Waals surface area contributed by atoms with Crippen molar-refractivity contribution in [2.24, 2.45) is 0 Å². The van der Waals surface area contributed by atoms with E-state index in [1.165, 1.54) is 21.6 Å². The summed E-state index contributed by atoms with van der Waals surface area (Å²) in [5.41, 5.74) is 0.474. The molecule has 0 N–H and O–H groups in total. The van der Waals surface area contributed by atoms with Gasteiger partial charge in [-0.15, -0.1) is 11.8 Å². The van der Waals surface area contributed by atoms with Crippen LogP contribution >= 0.6 is 11.8 Å². The fourth-order valence-corrected chi connectivity index (χ4v) is 6.42. The molecule has 0 unspecified atom stereocenters. The average molecular weight is 500 g/mol. The molecular formula is C21H20F3N3O4S2. The summed E-state index contributed by atoms with van der Waals surface area (Å²) < 4.78 is 67.2. The highest BCUT2D eigenvalue weighted by Crippen LogP contribution is 2.27. The Balaban J connectivity index is 1.44. The molecule has 12 heteroatoms. The van der Waals surface area contributed by atoms with Gasteiger partial charge >= 0.3 is 0 Å². The standard InChI is InChI=1S/C21H20F3N3O4S2/c22-15-6-7-17(19(24)18(15)23)33(30,31)26-10-8-25(9-11-26)21(29)16-12-32-13-27(16)20(28)14-4-2-1-3-5-14/h1-7,16H,8-13H2/t16-/m0/s1. The van der Waals surface area contributed by atoms with Crippen LogP contribution in [0.3, 0.4) is 0 Å².